The van der Waals surface area contributed by atoms with Crippen molar-refractivity contribution in [3.05, 3.63) is 53.3 Å². The minimum atomic E-state index is 0.0672. The molecule has 0 spiro atoms. The van der Waals surface area contributed by atoms with E-state index in [-0.39, 0.29) is 5.91 Å². The van der Waals surface area contributed by atoms with Crippen molar-refractivity contribution in [3.8, 4) is 0 Å². The van der Waals surface area contributed by atoms with Crippen molar-refractivity contribution in [2.24, 2.45) is 12.8 Å². The van der Waals surface area contributed by atoms with E-state index in [0.29, 0.717) is 12.5 Å². The fourth-order valence-electron chi connectivity index (χ4n) is 3.10. The minimum absolute atomic E-state index is 0.0672. The molecule has 1 aromatic carbocycles. The summed E-state index contributed by atoms with van der Waals surface area (Å²) in [6, 6.07) is 12.0. The molecule has 110 valence electrons. The first-order chi connectivity index (χ1) is 10.1. The highest BCUT2D eigenvalue weighted by Gasteiger charge is 2.32. The zero-order valence-corrected chi connectivity index (χ0v) is 12.5. The standard InChI is InChI=1S/C17H21N3O/c1-12-7-8-16(19(12)2)17(21)20-11-13(9-10-18)14-5-3-4-6-15(14)20/h3-8,13H,9-11,18H2,1-2H3. The van der Waals surface area contributed by atoms with E-state index in [0.717, 1.165) is 30.0 Å². The van der Waals surface area contributed by atoms with Gasteiger partial charge in [-0.2, -0.15) is 0 Å². The first-order valence-corrected chi connectivity index (χ1v) is 7.36. The smallest absolute Gasteiger partial charge is 0.274 e. The molecule has 1 atom stereocenters. The molecule has 0 saturated carbocycles. The molecule has 2 heterocycles. The van der Waals surface area contributed by atoms with Crippen LogP contribution < -0.4 is 10.6 Å². The molecule has 0 aliphatic carbocycles. The topological polar surface area (TPSA) is 51.3 Å². The summed E-state index contributed by atoms with van der Waals surface area (Å²) in [7, 11) is 1.93. The summed E-state index contributed by atoms with van der Waals surface area (Å²) in [6.07, 6.45) is 0.910. The Hall–Kier alpha value is -2.07. The summed E-state index contributed by atoms with van der Waals surface area (Å²) in [5.74, 6) is 0.411. The predicted molar refractivity (Wildman–Crippen MR) is 84.7 cm³/mol. The predicted octanol–water partition coefficient (Wildman–Crippen LogP) is 2.43. The van der Waals surface area contributed by atoms with Crippen molar-refractivity contribution in [3.63, 3.8) is 0 Å². The van der Waals surface area contributed by atoms with Gasteiger partial charge in [-0.15, -0.1) is 0 Å². The van der Waals surface area contributed by atoms with E-state index in [2.05, 4.69) is 6.07 Å². The lowest BCUT2D eigenvalue weighted by molar-refractivity contribution is 0.0980. The number of amides is 1. The van der Waals surface area contributed by atoms with Crippen LogP contribution in [0.3, 0.4) is 0 Å². The van der Waals surface area contributed by atoms with Crippen molar-refractivity contribution in [1.82, 2.24) is 4.57 Å². The third kappa shape index (κ3) is 2.25. The number of fused-ring (bicyclic) bond motifs is 1. The van der Waals surface area contributed by atoms with Crippen LogP contribution >= 0.6 is 0 Å². The number of para-hydroxylation sites is 1. The molecule has 3 rings (SSSR count). The summed E-state index contributed by atoms with van der Waals surface area (Å²) in [5.41, 5.74) is 9.80. The highest BCUT2D eigenvalue weighted by molar-refractivity contribution is 6.06. The fourth-order valence-corrected chi connectivity index (χ4v) is 3.10. The van der Waals surface area contributed by atoms with Gasteiger partial charge in [0.15, 0.2) is 0 Å². The van der Waals surface area contributed by atoms with Crippen LogP contribution in [-0.2, 0) is 7.05 Å². The number of aromatic nitrogens is 1. The molecule has 0 saturated heterocycles. The SMILES string of the molecule is Cc1ccc(C(=O)N2CC(CCN)c3ccccc32)n1C. The van der Waals surface area contributed by atoms with Crippen LogP contribution in [0, 0.1) is 6.92 Å². The molecule has 21 heavy (non-hydrogen) atoms. The van der Waals surface area contributed by atoms with Gasteiger partial charge in [-0.25, -0.2) is 0 Å². The lowest BCUT2D eigenvalue weighted by atomic mass is 9.98. The Kier molecular flexibility index (Phi) is 3.55. The van der Waals surface area contributed by atoms with Crippen LogP contribution in [-0.4, -0.2) is 23.6 Å². The van der Waals surface area contributed by atoms with E-state index in [4.69, 9.17) is 5.73 Å². The van der Waals surface area contributed by atoms with Gasteiger partial charge in [0.1, 0.15) is 5.69 Å². The maximum atomic E-state index is 12.9. The maximum Gasteiger partial charge on any atom is 0.274 e. The average molecular weight is 283 g/mol. The van der Waals surface area contributed by atoms with Gasteiger partial charge in [0.05, 0.1) is 0 Å². The molecule has 0 fully saturated rings. The number of rotatable bonds is 3. The summed E-state index contributed by atoms with van der Waals surface area (Å²) in [5, 5.41) is 0. The number of nitrogens with two attached hydrogens (primary N) is 1. The molecule has 1 aliphatic rings. The molecular weight excluding hydrogens is 262 g/mol. The van der Waals surface area contributed by atoms with Crippen LogP contribution in [0.5, 0.6) is 0 Å². The van der Waals surface area contributed by atoms with E-state index >= 15 is 0 Å². The third-order valence-electron chi connectivity index (χ3n) is 4.42. The lowest BCUT2D eigenvalue weighted by Gasteiger charge is -2.18. The Morgan fingerprint density at radius 1 is 1.29 bits per heavy atom. The number of benzene rings is 1. The molecule has 0 bridgehead atoms. The van der Waals surface area contributed by atoms with E-state index in [1.165, 1.54) is 5.56 Å². The third-order valence-corrected chi connectivity index (χ3v) is 4.42. The Balaban J connectivity index is 1.97. The summed E-state index contributed by atoms with van der Waals surface area (Å²) in [6.45, 7) is 3.37. The Morgan fingerprint density at radius 2 is 2.05 bits per heavy atom. The number of hydrogen-bond acceptors (Lipinski definition) is 2. The van der Waals surface area contributed by atoms with Crippen LogP contribution in [0.4, 0.5) is 5.69 Å². The number of aryl methyl sites for hydroxylation is 1. The maximum absolute atomic E-state index is 12.9. The fraction of sp³-hybridized carbons (Fsp3) is 0.353. The first-order valence-electron chi connectivity index (χ1n) is 7.36. The van der Waals surface area contributed by atoms with Gasteiger partial charge in [0.25, 0.3) is 5.91 Å². The van der Waals surface area contributed by atoms with E-state index in [1.54, 1.807) is 0 Å². The first kappa shape index (κ1) is 13.9. The second-order valence-electron chi connectivity index (χ2n) is 5.67. The number of carbonyl (C=O) groups excluding carboxylic acids is 1. The lowest BCUT2D eigenvalue weighted by Crippen LogP contribution is -2.31. The van der Waals surface area contributed by atoms with E-state index in [1.807, 2.05) is 53.8 Å². The second kappa shape index (κ2) is 5.37. The Morgan fingerprint density at radius 3 is 2.71 bits per heavy atom. The molecule has 4 heteroatoms. The zero-order valence-electron chi connectivity index (χ0n) is 12.5. The normalized spacial score (nSPS) is 17.1. The van der Waals surface area contributed by atoms with Gasteiger partial charge < -0.3 is 15.2 Å². The van der Waals surface area contributed by atoms with Crippen LogP contribution in [0.2, 0.25) is 0 Å². The summed E-state index contributed by atoms with van der Waals surface area (Å²) in [4.78, 5) is 14.8. The van der Waals surface area contributed by atoms with Crippen molar-refractivity contribution in [2.45, 2.75) is 19.3 Å². The van der Waals surface area contributed by atoms with Crippen molar-refractivity contribution in [1.29, 1.82) is 0 Å². The molecule has 2 aromatic rings. The van der Waals surface area contributed by atoms with Crippen molar-refractivity contribution in [2.75, 3.05) is 18.0 Å². The number of carbonyl (C=O) groups is 1. The highest BCUT2D eigenvalue weighted by Crippen LogP contribution is 2.38. The van der Waals surface area contributed by atoms with E-state index in [9.17, 15) is 4.79 Å². The van der Waals surface area contributed by atoms with Gasteiger partial charge in [0, 0.05) is 30.9 Å². The number of hydrogen-bond donors (Lipinski definition) is 1. The summed E-state index contributed by atoms with van der Waals surface area (Å²) < 4.78 is 1.95. The van der Waals surface area contributed by atoms with Gasteiger partial charge >= 0.3 is 0 Å². The molecule has 4 nitrogen and oxygen atoms in total. The number of nitrogens with zero attached hydrogens (tertiary/aromatic N) is 2. The van der Waals surface area contributed by atoms with Gasteiger partial charge in [-0.1, -0.05) is 18.2 Å². The molecule has 2 N–H and O–H groups in total. The van der Waals surface area contributed by atoms with Crippen LogP contribution in [0.15, 0.2) is 36.4 Å². The second-order valence-corrected chi connectivity index (χ2v) is 5.67. The number of anilines is 1. The Labute approximate surface area is 125 Å². The van der Waals surface area contributed by atoms with Crippen molar-refractivity contribution < 1.29 is 4.79 Å². The van der Waals surface area contributed by atoms with Crippen LogP contribution in [0.25, 0.3) is 0 Å². The van der Waals surface area contributed by atoms with Crippen LogP contribution in [0.1, 0.15) is 34.1 Å². The highest BCUT2D eigenvalue weighted by atomic mass is 16.2. The zero-order chi connectivity index (χ0) is 15.0. The summed E-state index contributed by atoms with van der Waals surface area (Å²) >= 11 is 0. The molecule has 0 radical (unpaired) electrons. The molecule has 1 aliphatic heterocycles. The largest absolute Gasteiger partial charge is 0.344 e. The average Bonchev–Trinajstić information content (AvgIpc) is 3.02. The molecule has 1 unspecified atom stereocenters. The molecule has 1 aromatic heterocycles. The van der Waals surface area contributed by atoms with Crippen molar-refractivity contribution >= 4 is 11.6 Å². The monoisotopic (exact) mass is 283 g/mol. The van der Waals surface area contributed by atoms with E-state index < -0.39 is 0 Å². The van der Waals surface area contributed by atoms with Gasteiger partial charge in [0.2, 0.25) is 0 Å². The quantitative estimate of drug-likeness (QED) is 0.940. The minimum Gasteiger partial charge on any atom is -0.344 e. The van der Waals surface area contributed by atoms with Gasteiger partial charge in [-0.05, 0) is 43.7 Å². The Bertz CT molecular complexity index is 674. The molecular formula is C17H21N3O. The van der Waals surface area contributed by atoms with Gasteiger partial charge in [-0.3, -0.25) is 4.79 Å². The molecule has 1 amide bonds.